The minimum atomic E-state index is -0.737. The van der Waals surface area contributed by atoms with Gasteiger partial charge in [-0.25, -0.2) is 0 Å². The predicted octanol–water partition coefficient (Wildman–Crippen LogP) is 3.37. The molecule has 0 aliphatic carbocycles. The number of hydrogen-bond acceptors (Lipinski definition) is 2. The molecule has 1 aromatic rings. The smallest absolute Gasteiger partial charge is 0.305 e. The van der Waals surface area contributed by atoms with Crippen molar-refractivity contribution in [3.05, 3.63) is 33.8 Å². The second-order valence-corrected chi connectivity index (χ2v) is 5.74. The summed E-state index contributed by atoms with van der Waals surface area (Å²) in [5.41, 5.74) is 2.27. The molecule has 0 aromatic heterocycles. The molecule has 1 aliphatic heterocycles. The summed E-state index contributed by atoms with van der Waals surface area (Å²) in [6, 6.07) is 6.14. The fraction of sp³-hybridized carbons (Fsp3) is 0.500. The van der Waals surface area contributed by atoms with E-state index in [1.165, 1.54) is 18.4 Å². The highest BCUT2D eigenvalue weighted by molar-refractivity contribution is 9.10. The zero-order valence-electron chi connectivity index (χ0n) is 10.5. The van der Waals surface area contributed by atoms with Crippen LogP contribution in [0.5, 0.6) is 0 Å². The summed E-state index contributed by atoms with van der Waals surface area (Å²) >= 11 is 3.57. The summed E-state index contributed by atoms with van der Waals surface area (Å²) in [6.45, 7) is 4.03. The zero-order chi connectivity index (χ0) is 13.1. The molecule has 0 amide bonds. The molecule has 2 rings (SSSR count). The minimum absolute atomic E-state index is 0.0139. The molecule has 0 radical (unpaired) electrons. The first-order chi connectivity index (χ1) is 8.58. The normalized spacial score (nSPS) is 17.9. The lowest BCUT2D eigenvalue weighted by Gasteiger charge is -2.27. The Bertz CT molecular complexity index is 441. The molecule has 1 heterocycles. The maximum absolute atomic E-state index is 11.1. The fourth-order valence-corrected chi connectivity index (χ4v) is 3.31. The van der Waals surface area contributed by atoms with Gasteiger partial charge in [-0.3, -0.25) is 9.69 Å². The van der Waals surface area contributed by atoms with Gasteiger partial charge in [-0.05, 0) is 50.0 Å². The zero-order valence-corrected chi connectivity index (χ0v) is 12.1. The average molecular weight is 312 g/mol. The number of carboxylic acid groups (broad SMARTS) is 1. The third-order valence-electron chi connectivity index (χ3n) is 3.46. The first-order valence-corrected chi connectivity index (χ1v) is 7.09. The van der Waals surface area contributed by atoms with Crippen LogP contribution < -0.4 is 0 Å². The van der Waals surface area contributed by atoms with E-state index in [1.54, 1.807) is 0 Å². The van der Waals surface area contributed by atoms with Crippen LogP contribution in [0.3, 0.4) is 0 Å². The van der Waals surface area contributed by atoms with Crippen molar-refractivity contribution in [1.82, 2.24) is 4.90 Å². The number of aryl methyl sites for hydroxylation is 1. The molecule has 0 spiro atoms. The van der Waals surface area contributed by atoms with Gasteiger partial charge in [0.2, 0.25) is 0 Å². The van der Waals surface area contributed by atoms with Crippen molar-refractivity contribution in [1.29, 1.82) is 0 Å². The van der Waals surface area contributed by atoms with E-state index in [4.69, 9.17) is 5.11 Å². The second kappa shape index (κ2) is 5.85. The lowest BCUT2D eigenvalue weighted by atomic mass is 10.0. The quantitative estimate of drug-likeness (QED) is 0.927. The number of likely N-dealkylation sites (tertiary alicyclic amines) is 1. The van der Waals surface area contributed by atoms with Crippen molar-refractivity contribution >= 4 is 21.9 Å². The van der Waals surface area contributed by atoms with Crippen LogP contribution in [0, 0.1) is 6.92 Å². The number of benzene rings is 1. The molecule has 98 valence electrons. The Morgan fingerprint density at radius 2 is 2.11 bits per heavy atom. The Labute approximate surface area is 116 Å². The maximum Gasteiger partial charge on any atom is 0.305 e. The molecule has 1 aromatic carbocycles. The molecule has 4 heteroatoms. The van der Waals surface area contributed by atoms with Crippen LogP contribution in [0.2, 0.25) is 0 Å². The minimum Gasteiger partial charge on any atom is -0.481 e. The third kappa shape index (κ3) is 3.12. The van der Waals surface area contributed by atoms with Crippen LogP contribution in [-0.2, 0) is 4.79 Å². The largest absolute Gasteiger partial charge is 0.481 e. The number of nitrogens with zero attached hydrogens (tertiary/aromatic N) is 1. The number of halogens is 1. The van der Waals surface area contributed by atoms with Crippen molar-refractivity contribution in [2.75, 3.05) is 13.1 Å². The lowest BCUT2D eigenvalue weighted by Crippen LogP contribution is -2.28. The Morgan fingerprint density at radius 3 is 2.67 bits per heavy atom. The van der Waals surface area contributed by atoms with Crippen LogP contribution >= 0.6 is 15.9 Å². The van der Waals surface area contributed by atoms with Gasteiger partial charge in [0.05, 0.1) is 6.42 Å². The predicted molar refractivity (Wildman–Crippen MR) is 74.7 cm³/mol. The van der Waals surface area contributed by atoms with Gasteiger partial charge in [-0.2, -0.15) is 0 Å². The van der Waals surface area contributed by atoms with Gasteiger partial charge >= 0.3 is 5.97 Å². The Hall–Kier alpha value is -0.870. The summed E-state index contributed by atoms with van der Waals surface area (Å²) in [5.74, 6) is -0.737. The molecule has 18 heavy (non-hydrogen) atoms. The molecule has 1 atom stereocenters. The summed E-state index contributed by atoms with van der Waals surface area (Å²) in [6.07, 6.45) is 2.50. The van der Waals surface area contributed by atoms with Gasteiger partial charge in [0.25, 0.3) is 0 Å². The van der Waals surface area contributed by atoms with E-state index in [0.717, 1.165) is 23.1 Å². The number of carboxylic acids is 1. The van der Waals surface area contributed by atoms with Crippen molar-refractivity contribution in [3.8, 4) is 0 Å². The van der Waals surface area contributed by atoms with Gasteiger partial charge in [-0.1, -0.05) is 28.1 Å². The summed E-state index contributed by atoms with van der Waals surface area (Å²) in [5, 5.41) is 9.11. The standard InChI is InChI=1S/C14H18BrNO2/c1-10-4-5-11(12(15)8-10)13(9-14(17)18)16-6-2-3-7-16/h4-5,8,13H,2-3,6-7,9H2,1H3,(H,17,18). The molecular weight excluding hydrogens is 294 g/mol. The van der Waals surface area contributed by atoms with E-state index in [9.17, 15) is 4.79 Å². The van der Waals surface area contributed by atoms with Crippen LogP contribution in [0.15, 0.2) is 22.7 Å². The van der Waals surface area contributed by atoms with E-state index < -0.39 is 5.97 Å². The number of carbonyl (C=O) groups is 1. The van der Waals surface area contributed by atoms with Crippen LogP contribution in [0.4, 0.5) is 0 Å². The molecule has 1 fully saturated rings. The highest BCUT2D eigenvalue weighted by Crippen LogP contribution is 2.33. The van der Waals surface area contributed by atoms with E-state index in [1.807, 2.05) is 19.1 Å². The molecule has 1 N–H and O–H groups in total. The summed E-state index contributed by atoms with van der Waals surface area (Å²) in [4.78, 5) is 13.4. The monoisotopic (exact) mass is 311 g/mol. The Kier molecular flexibility index (Phi) is 4.40. The second-order valence-electron chi connectivity index (χ2n) is 4.88. The summed E-state index contributed by atoms with van der Waals surface area (Å²) in [7, 11) is 0. The van der Waals surface area contributed by atoms with Crippen molar-refractivity contribution in [2.24, 2.45) is 0 Å². The van der Waals surface area contributed by atoms with E-state index in [0.29, 0.717) is 0 Å². The van der Waals surface area contributed by atoms with Gasteiger partial charge in [0.15, 0.2) is 0 Å². The van der Waals surface area contributed by atoms with Gasteiger partial charge in [0.1, 0.15) is 0 Å². The molecule has 1 aliphatic rings. The van der Waals surface area contributed by atoms with E-state index in [-0.39, 0.29) is 12.5 Å². The highest BCUT2D eigenvalue weighted by Gasteiger charge is 2.26. The van der Waals surface area contributed by atoms with Crippen LogP contribution in [0.25, 0.3) is 0 Å². The fourth-order valence-electron chi connectivity index (χ4n) is 2.56. The van der Waals surface area contributed by atoms with E-state index in [2.05, 4.69) is 26.9 Å². The molecule has 3 nitrogen and oxygen atoms in total. The molecule has 1 saturated heterocycles. The third-order valence-corrected chi connectivity index (χ3v) is 4.15. The topological polar surface area (TPSA) is 40.5 Å². The van der Waals surface area contributed by atoms with Crippen molar-refractivity contribution in [2.45, 2.75) is 32.2 Å². The number of aliphatic carboxylic acids is 1. The molecule has 0 saturated carbocycles. The lowest BCUT2D eigenvalue weighted by molar-refractivity contribution is -0.138. The van der Waals surface area contributed by atoms with E-state index >= 15 is 0 Å². The SMILES string of the molecule is Cc1ccc(C(CC(=O)O)N2CCCC2)c(Br)c1. The molecule has 0 bridgehead atoms. The Balaban J connectivity index is 2.29. The van der Waals surface area contributed by atoms with Crippen molar-refractivity contribution < 1.29 is 9.90 Å². The number of rotatable bonds is 4. The van der Waals surface area contributed by atoms with Gasteiger partial charge < -0.3 is 5.11 Å². The van der Waals surface area contributed by atoms with Gasteiger partial charge in [0, 0.05) is 10.5 Å². The summed E-state index contributed by atoms with van der Waals surface area (Å²) < 4.78 is 1.01. The number of hydrogen-bond donors (Lipinski definition) is 1. The maximum atomic E-state index is 11.1. The molecular formula is C14H18BrNO2. The first kappa shape index (κ1) is 13.6. The van der Waals surface area contributed by atoms with Crippen LogP contribution in [-0.4, -0.2) is 29.1 Å². The van der Waals surface area contributed by atoms with Crippen LogP contribution in [0.1, 0.15) is 36.4 Å². The Morgan fingerprint density at radius 1 is 1.44 bits per heavy atom. The van der Waals surface area contributed by atoms with Crippen molar-refractivity contribution in [3.63, 3.8) is 0 Å². The molecule has 1 unspecified atom stereocenters. The first-order valence-electron chi connectivity index (χ1n) is 6.30. The van der Waals surface area contributed by atoms with Gasteiger partial charge in [-0.15, -0.1) is 0 Å². The highest BCUT2D eigenvalue weighted by atomic mass is 79.9. The average Bonchev–Trinajstić information content (AvgIpc) is 2.79.